The summed E-state index contributed by atoms with van der Waals surface area (Å²) in [4.78, 5) is 12.2. The predicted octanol–water partition coefficient (Wildman–Crippen LogP) is 1.53. The summed E-state index contributed by atoms with van der Waals surface area (Å²) in [6, 6.07) is 8.79. The molecule has 0 aliphatic carbocycles. The van der Waals surface area contributed by atoms with Crippen LogP contribution in [0.2, 0.25) is 0 Å². The Morgan fingerprint density at radius 1 is 1.30 bits per heavy atom. The van der Waals surface area contributed by atoms with Crippen LogP contribution in [0.5, 0.6) is 0 Å². The molecular weight excluding hydrogens is 276 g/mol. The lowest BCUT2D eigenvalue weighted by atomic mass is 10.0. The van der Waals surface area contributed by atoms with Crippen LogP contribution in [-0.4, -0.2) is 49.5 Å². The zero-order valence-corrected chi connectivity index (χ0v) is 12.6. The van der Waals surface area contributed by atoms with Crippen molar-refractivity contribution in [2.45, 2.75) is 25.3 Å². The van der Waals surface area contributed by atoms with Crippen LogP contribution in [0.3, 0.4) is 0 Å². The maximum atomic E-state index is 12.2. The third kappa shape index (κ3) is 3.08. The molecule has 1 aliphatic heterocycles. The predicted molar refractivity (Wildman–Crippen MR) is 77.7 cm³/mol. The molecule has 1 aliphatic rings. The van der Waals surface area contributed by atoms with Gasteiger partial charge in [-0.1, -0.05) is 30.3 Å². The molecule has 0 spiro atoms. The highest BCUT2D eigenvalue weighted by Gasteiger charge is 2.36. The number of benzene rings is 1. The molecule has 0 saturated carbocycles. The second kappa shape index (κ2) is 6.03. The molecule has 0 N–H and O–H groups in total. The van der Waals surface area contributed by atoms with Crippen LogP contribution in [0.25, 0.3) is 0 Å². The minimum atomic E-state index is -3.44. The van der Waals surface area contributed by atoms with Gasteiger partial charge in [-0.2, -0.15) is 17.0 Å². The fourth-order valence-electron chi connectivity index (χ4n) is 2.48. The number of hydrogen-bond donors (Lipinski definition) is 0. The normalized spacial score (nSPS) is 20.4. The molecule has 20 heavy (non-hydrogen) atoms. The van der Waals surface area contributed by atoms with Gasteiger partial charge >= 0.3 is 0 Å². The number of carbonyl (C=O) groups excluding carboxylic acids is 1. The first-order valence-corrected chi connectivity index (χ1v) is 8.10. The van der Waals surface area contributed by atoms with Crippen molar-refractivity contribution in [1.29, 1.82) is 0 Å². The highest BCUT2D eigenvalue weighted by Crippen LogP contribution is 2.25. The van der Waals surface area contributed by atoms with E-state index in [2.05, 4.69) is 0 Å². The number of Topliss-reactive ketones (excluding diaryl/α,β-unsaturated/α-hetero) is 1. The Bertz CT molecular complexity index is 569. The molecule has 1 fully saturated rings. The van der Waals surface area contributed by atoms with Crippen molar-refractivity contribution in [3.05, 3.63) is 35.9 Å². The highest BCUT2D eigenvalue weighted by atomic mass is 32.2. The van der Waals surface area contributed by atoms with E-state index in [9.17, 15) is 13.2 Å². The molecule has 1 aromatic carbocycles. The SMILES string of the molecule is CN(C)S(=O)(=O)N1CCCC1CC(=O)c1ccccc1. The van der Waals surface area contributed by atoms with Gasteiger partial charge in [0.15, 0.2) is 5.78 Å². The summed E-state index contributed by atoms with van der Waals surface area (Å²) >= 11 is 0. The van der Waals surface area contributed by atoms with Crippen molar-refractivity contribution < 1.29 is 13.2 Å². The number of nitrogens with zero attached hydrogens (tertiary/aromatic N) is 2. The van der Waals surface area contributed by atoms with E-state index in [0.29, 0.717) is 12.1 Å². The van der Waals surface area contributed by atoms with Crippen LogP contribution in [0, 0.1) is 0 Å². The van der Waals surface area contributed by atoms with Gasteiger partial charge in [-0.3, -0.25) is 4.79 Å². The molecule has 1 saturated heterocycles. The van der Waals surface area contributed by atoms with Crippen molar-refractivity contribution in [2.24, 2.45) is 0 Å². The Labute approximate surface area is 120 Å². The van der Waals surface area contributed by atoms with Crippen molar-refractivity contribution in [2.75, 3.05) is 20.6 Å². The van der Waals surface area contributed by atoms with E-state index in [0.717, 1.165) is 12.8 Å². The van der Waals surface area contributed by atoms with Gasteiger partial charge in [-0.05, 0) is 12.8 Å². The van der Waals surface area contributed by atoms with Crippen LogP contribution in [-0.2, 0) is 10.2 Å². The highest BCUT2D eigenvalue weighted by molar-refractivity contribution is 7.86. The quantitative estimate of drug-likeness (QED) is 0.774. The fraction of sp³-hybridized carbons (Fsp3) is 0.500. The van der Waals surface area contributed by atoms with Crippen LogP contribution in [0.1, 0.15) is 29.6 Å². The summed E-state index contributed by atoms with van der Waals surface area (Å²) in [6.07, 6.45) is 1.79. The summed E-state index contributed by atoms with van der Waals surface area (Å²) in [7, 11) is -0.404. The standard InChI is InChI=1S/C14H20N2O3S/c1-15(2)20(18,19)16-10-6-9-13(16)11-14(17)12-7-4-3-5-8-12/h3-5,7-8,13H,6,9-11H2,1-2H3. The molecular formula is C14H20N2O3S. The smallest absolute Gasteiger partial charge is 0.281 e. The monoisotopic (exact) mass is 296 g/mol. The largest absolute Gasteiger partial charge is 0.294 e. The second-order valence-corrected chi connectivity index (χ2v) is 7.29. The summed E-state index contributed by atoms with van der Waals surface area (Å²) in [5.74, 6) is -0.00328. The van der Waals surface area contributed by atoms with Gasteiger partial charge in [0.05, 0.1) is 0 Å². The number of rotatable bonds is 5. The molecule has 110 valence electrons. The Morgan fingerprint density at radius 2 is 1.95 bits per heavy atom. The summed E-state index contributed by atoms with van der Waals surface area (Å²) in [5.41, 5.74) is 0.640. The number of ketones is 1. The molecule has 1 heterocycles. The lowest BCUT2D eigenvalue weighted by Gasteiger charge is -2.26. The minimum absolute atomic E-state index is 0.00328. The maximum absolute atomic E-state index is 12.2. The van der Waals surface area contributed by atoms with Crippen molar-refractivity contribution in [3.63, 3.8) is 0 Å². The third-order valence-corrected chi connectivity index (χ3v) is 5.59. The molecule has 2 rings (SSSR count). The van der Waals surface area contributed by atoms with E-state index >= 15 is 0 Å². The second-order valence-electron chi connectivity index (χ2n) is 5.19. The van der Waals surface area contributed by atoms with Crippen LogP contribution >= 0.6 is 0 Å². The van der Waals surface area contributed by atoms with Crippen LogP contribution in [0.4, 0.5) is 0 Å². The molecule has 0 amide bonds. The van der Waals surface area contributed by atoms with Gasteiger partial charge < -0.3 is 0 Å². The summed E-state index contributed by atoms with van der Waals surface area (Å²) in [6.45, 7) is 0.493. The minimum Gasteiger partial charge on any atom is -0.294 e. The molecule has 0 aromatic heterocycles. The Balaban J connectivity index is 2.11. The van der Waals surface area contributed by atoms with Crippen molar-refractivity contribution >= 4 is 16.0 Å². The van der Waals surface area contributed by atoms with E-state index in [-0.39, 0.29) is 18.2 Å². The lowest BCUT2D eigenvalue weighted by Crippen LogP contribution is -2.43. The topological polar surface area (TPSA) is 57.7 Å². The van der Waals surface area contributed by atoms with Gasteiger partial charge in [0, 0.05) is 38.7 Å². The molecule has 0 radical (unpaired) electrons. The maximum Gasteiger partial charge on any atom is 0.281 e. The molecule has 5 nitrogen and oxygen atoms in total. The van der Waals surface area contributed by atoms with Gasteiger partial charge in [0.25, 0.3) is 10.2 Å². The van der Waals surface area contributed by atoms with Crippen molar-refractivity contribution in [3.8, 4) is 0 Å². The molecule has 6 heteroatoms. The zero-order chi connectivity index (χ0) is 14.8. The third-order valence-electron chi connectivity index (χ3n) is 3.60. The van der Waals surface area contributed by atoms with Gasteiger partial charge in [0.2, 0.25) is 0 Å². The first-order chi connectivity index (χ1) is 9.43. The van der Waals surface area contributed by atoms with E-state index < -0.39 is 10.2 Å². The first-order valence-electron chi connectivity index (χ1n) is 6.70. The van der Waals surface area contributed by atoms with Gasteiger partial charge in [-0.15, -0.1) is 0 Å². The van der Waals surface area contributed by atoms with E-state index in [1.807, 2.05) is 18.2 Å². The average molecular weight is 296 g/mol. The van der Waals surface area contributed by atoms with Crippen LogP contribution < -0.4 is 0 Å². The molecule has 1 aromatic rings. The lowest BCUT2D eigenvalue weighted by molar-refractivity contribution is 0.0960. The van der Waals surface area contributed by atoms with Crippen LogP contribution in [0.15, 0.2) is 30.3 Å². The summed E-state index contributed by atoms with van der Waals surface area (Å²) in [5, 5.41) is 0. The summed E-state index contributed by atoms with van der Waals surface area (Å²) < 4.78 is 27.1. The zero-order valence-electron chi connectivity index (χ0n) is 11.8. The van der Waals surface area contributed by atoms with E-state index in [4.69, 9.17) is 0 Å². The number of hydrogen-bond acceptors (Lipinski definition) is 3. The van der Waals surface area contributed by atoms with E-state index in [1.54, 1.807) is 12.1 Å². The number of carbonyl (C=O) groups is 1. The first kappa shape index (κ1) is 15.2. The van der Waals surface area contributed by atoms with Crippen molar-refractivity contribution in [1.82, 2.24) is 8.61 Å². The van der Waals surface area contributed by atoms with E-state index in [1.165, 1.54) is 22.7 Å². The Kier molecular flexibility index (Phi) is 4.57. The molecule has 0 bridgehead atoms. The van der Waals surface area contributed by atoms with Gasteiger partial charge in [-0.25, -0.2) is 0 Å². The van der Waals surface area contributed by atoms with Gasteiger partial charge in [0.1, 0.15) is 0 Å². The molecule has 1 unspecified atom stereocenters. The average Bonchev–Trinajstić information content (AvgIpc) is 2.88. The fourth-order valence-corrected chi connectivity index (χ4v) is 3.82. The molecule has 1 atom stereocenters. The Morgan fingerprint density at radius 3 is 2.55 bits per heavy atom. The Hall–Kier alpha value is -1.24.